The Morgan fingerprint density at radius 3 is 2.21 bits per heavy atom. The van der Waals surface area contributed by atoms with Crippen LogP contribution in [-0.2, 0) is 0 Å². The van der Waals surface area contributed by atoms with Crippen LogP contribution in [0.1, 0.15) is 6.42 Å². The molecule has 4 heteroatoms. The number of hydrogen-bond acceptors (Lipinski definition) is 4. The molecule has 2 rings (SSSR count). The van der Waals surface area contributed by atoms with Crippen molar-refractivity contribution in [3.05, 3.63) is 54.7 Å². The van der Waals surface area contributed by atoms with E-state index in [1.54, 1.807) is 6.20 Å². The molecule has 1 aromatic heterocycles. The van der Waals surface area contributed by atoms with E-state index in [2.05, 4.69) is 15.6 Å². The molecule has 0 spiro atoms. The molecular formula is C15H22N4. The number of nitrogens with zero attached hydrogens (tertiary/aromatic N) is 1. The van der Waals surface area contributed by atoms with Crippen LogP contribution in [0.15, 0.2) is 54.7 Å². The zero-order valence-corrected chi connectivity index (χ0v) is 11.3. The number of nitrogens with one attached hydrogen (secondary N) is 2. The molecule has 4 nitrogen and oxygen atoms in total. The fourth-order valence-electron chi connectivity index (χ4n) is 1.46. The summed E-state index contributed by atoms with van der Waals surface area (Å²) in [6, 6.07) is 15.9. The van der Waals surface area contributed by atoms with E-state index in [0.717, 1.165) is 24.5 Å². The van der Waals surface area contributed by atoms with Crippen LogP contribution in [0.25, 0.3) is 0 Å². The molecule has 0 saturated heterocycles. The largest absolute Gasteiger partial charge is 0.382 e. The van der Waals surface area contributed by atoms with E-state index in [1.807, 2.05) is 55.6 Å². The summed E-state index contributed by atoms with van der Waals surface area (Å²) in [5.74, 6) is 0.875. The minimum absolute atomic E-state index is 0.710. The van der Waals surface area contributed by atoms with E-state index in [0.29, 0.717) is 6.54 Å². The van der Waals surface area contributed by atoms with Gasteiger partial charge in [-0.2, -0.15) is 0 Å². The highest BCUT2D eigenvalue weighted by Gasteiger charge is 1.98. The highest BCUT2D eigenvalue weighted by molar-refractivity contribution is 5.63. The predicted octanol–water partition coefficient (Wildman–Crippen LogP) is 2.57. The van der Waals surface area contributed by atoms with Crippen LogP contribution in [0.5, 0.6) is 0 Å². The average Bonchev–Trinajstić information content (AvgIpc) is 2.50. The van der Waals surface area contributed by atoms with Gasteiger partial charge in [0.1, 0.15) is 5.82 Å². The Bertz CT molecular complexity index is 404. The molecule has 0 radical (unpaired) electrons. The van der Waals surface area contributed by atoms with Gasteiger partial charge in [-0.25, -0.2) is 4.98 Å². The molecule has 19 heavy (non-hydrogen) atoms. The van der Waals surface area contributed by atoms with Gasteiger partial charge in [-0.1, -0.05) is 36.4 Å². The Balaban J connectivity index is 0.000000250. The van der Waals surface area contributed by atoms with E-state index in [9.17, 15) is 0 Å². The summed E-state index contributed by atoms with van der Waals surface area (Å²) in [5.41, 5.74) is 6.42. The normalized spacial score (nSPS) is 9.16. The predicted molar refractivity (Wildman–Crippen MR) is 82.4 cm³/mol. The molecule has 0 amide bonds. The topological polar surface area (TPSA) is 63.0 Å². The lowest BCUT2D eigenvalue weighted by atomic mass is 10.3. The lowest BCUT2D eigenvalue weighted by molar-refractivity contribution is 0.874. The van der Waals surface area contributed by atoms with E-state index in [4.69, 9.17) is 5.73 Å². The van der Waals surface area contributed by atoms with Gasteiger partial charge in [0.2, 0.25) is 0 Å². The minimum Gasteiger partial charge on any atom is -0.382 e. The van der Waals surface area contributed by atoms with Crippen molar-refractivity contribution in [2.75, 3.05) is 30.8 Å². The van der Waals surface area contributed by atoms with Crippen LogP contribution in [0, 0.1) is 0 Å². The zero-order valence-electron chi connectivity index (χ0n) is 11.3. The Morgan fingerprint density at radius 1 is 1.05 bits per heavy atom. The first-order valence-electron chi connectivity index (χ1n) is 6.45. The molecule has 0 aliphatic rings. The number of benzene rings is 1. The molecule has 0 bridgehead atoms. The molecule has 1 heterocycles. The number of hydrogen-bond donors (Lipinski definition) is 3. The summed E-state index contributed by atoms with van der Waals surface area (Å²) in [4.78, 5) is 4.17. The number of nitrogens with two attached hydrogens (primary N) is 1. The standard InChI is InChI=1S/C9H16N4.C6H6/c1-11-9-8(4-2-6-13-9)12-7-3-5-10;1-2-4-6-5-3-1/h2,4,6,12H,3,5,7,10H2,1H3,(H,11,13);1-6H. The molecule has 0 fully saturated rings. The highest BCUT2D eigenvalue weighted by atomic mass is 15.0. The molecule has 0 atom stereocenters. The SMILES string of the molecule is CNc1ncccc1NCCCN.c1ccccc1. The van der Waals surface area contributed by atoms with Gasteiger partial charge in [-0.3, -0.25) is 0 Å². The van der Waals surface area contributed by atoms with Crippen LogP contribution >= 0.6 is 0 Å². The van der Waals surface area contributed by atoms with Gasteiger partial charge < -0.3 is 16.4 Å². The highest BCUT2D eigenvalue weighted by Crippen LogP contribution is 2.16. The van der Waals surface area contributed by atoms with Crippen LogP contribution < -0.4 is 16.4 Å². The van der Waals surface area contributed by atoms with E-state index in [1.165, 1.54) is 0 Å². The number of anilines is 2. The first-order valence-corrected chi connectivity index (χ1v) is 6.45. The molecule has 2 aromatic rings. The van der Waals surface area contributed by atoms with Gasteiger partial charge in [0, 0.05) is 19.8 Å². The zero-order chi connectivity index (χ0) is 13.8. The van der Waals surface area contributed by atoms with Crippen molar-refractivity contribution in [3.63, 3.8) is 0 Å². The van der Waals surface area contributed by atoms with Crippen molar-refractivity contribution >= 4 is 11.5 Å². The third kappa shape index (κ3) is 6.43. The number of rotatable bonds is 5. The summed E-state index contributed by atoms with van der Waals surface area (Å²) in [7, 11) is 1.86. The summed E-state index contributed by atoms with van der Waals surface area (Å²) >= 11 is 0. The number of aromatic nitrogens is 1. The van der Waals surface area contributed by atoms with Crippen molar-refractivity contribution in [1.29, 1.82) is 0 Å². The van der Waals surface area contributed by atoms with Gasteiger partial charge in [0.25, 0.3) is 0 Å². The van der Waals surface area contributed by atoms with Crippen LogP contribution in [0.4, 0.5) is 11.5 Å². The lowest BCUT2D eigenvalue weighted by Crippen LogP contribution is -2.09. The average molecular weight is 258 g/mol. The molecule has 1 aromatic carbocycles. The Labute approximate surface area is 115 Å². The monoisotopic (exact) mass is 258 g/mol. The second kappa shape index (κ2) is 9.91. The van der Waals surface area contributed by atoms with Gasteiger partial charge in [-0.15, -0.1) is 0 Å². The maximum Gasteiger partial charge on any atom is 0.149 e. The first-order chi connectivity index (χ1) is 9.38. The van der Waals surface area contributed by atoms with Gasteiger partial charge >= 0.3 is 0 Å². The van der Waals surface area contributed by atoms with Crippen molar-refractivity contribution in [2.45, 2.75) is 6.42 Å². The van der Waals surface area contributed by atoms with Crippen LogP contribution in [-0.4, -0.2) is 25.1 Å². The molecular weight excluding hydrogens is 236 g/mol. The van der Waals surface area contributed by atoms with Gasteiger partial charge in [0.05, 0.1) is 5.69 Å². The molecule has 0 unspecified atom stereocenters. The van der Waals surface area contributed by atoms with Crippen molar-refractivity contribution in [2.24, 2.45) is 5.73 Å². The number of pyridine rings is 1. The third-order valence-electron chi connectivity index (χ3n) is 2.41. The van der Waals surface area contributed by atoms with Crippen molar-refractivity contribution in [3.8, 4) is 0 Å². The smallest absolute Gasteiger partial charge is 0.149 e. The maximum absolute atomic E-state index is 5.39. The Kier molecular flexibility index (Phi) is 7.82. The summed E-state index contributed by atoms with van der Waals surface area (Å²) in [6.45, 7) is 1.60. The molecule has 0 aliphatic carbocycles. The summed E-state index contributed by atoms with van der Waals surface area (Å²) in [6.07, 6.45) is 2.73. The molecule has 4 N–H and O–H groups in total. The van der Waals surface area contributed by atoms with E-state index >= 15 is 0 Å². The fourth-order valence-corrected chi connectivity index (χ4v) is 1.46. The van der Waals surface area contributed by atoms with Gasteiger partial charge in [-0.05, 0) is 25.1 Å². The van der Waals surface area contributed by atoms with Crippen LogP contribution in [0.2, 0.25) is 0 Å². The van der Waals surface area contributed by atoms with E-state index in [-0.39, 0.29) is 0 Å². The fraction of sp³-hybridized carbons (Fsp3) is 0.267. The Morgan fingerprint density at radius 2 is 1.68 bits per heavy atom. The summed E-state index contributed by atoms with van der Waals surface area (Å²) < 4.78 is 0. The Hall–Kier alpha value is -2.07. The third-order valence-corrected chi connectivity index (χ3v) is 2.41. The molecule has 0 saturated carbocycles. The quantitative estimate of drug-likeness (QED) is 0.721. The second-order valence-corrected chi connectivity index (χ2v) is 3.87. The van der Waals surface area contributed by atoms with Crippen molar-refractivity contribution < 1.29 is 0 Å². The summed E-state index contributed by atoms with van der Waals surface area (Å²) in [5, 5.41) is 6.28. The van der Waals surface area contributed by atoms with Crippen LogP contribution in [0.3, 0.4) is 0 Å². The van der Waals surface area contributed by atoms with E-state index < -0.39 is 0 Å². The molecule has 0 aliphatic heterocycles. The lowest BCUT2D eigenvalue weighted by Gasteiger charge is -2.09. The molecule has 102 valence electrons. The van der Waals surface area contributed by atoms with Gasteiger partial charge in [0.15, 0.2) is 0 Å². The minimum atomic E-state index is 0.710. The maximum atomic E-state index is 5.39. The first kappa shape index (κ1) is 15.0. The van der Waals surface area contributed by atoms with Crippen molar-refractivity contribution in [1.82, 2.24) is 4.98 Å². The second-order valence-electron chi connectivity index (χ2n) is 3.87.